The average Bonchev–Trinajstić information content (AvgIpc) is 2.88. The van der Waals surface area contributed by atoms with E-state index in [1.54, 1.807) is 0 Å². The summed E-state index contributed by atoms with van der Waals surface area (Å²) in [6.45, 7) is 4.34. The van der Waals surface area contributed by atoms with Crippen molar-refractivity contribution >= 4 is 5.97 Å². The molecule has 0 aliphatic carbocycles. The summed E-state index contributed by atoms with van der Waals surface area (Å²) in [7, 11) is 0. The van der Waals surface area contributed by atoms with E-state index in [2.05, 4.69) is 0 Å². The van der Waals surface area contributed by atoms with Crippen LogP contribution in [0.5, 0.6) is 0 Å². The van der Waals surface area contributed by atoms with E-state index in [9.17, 15) is 4.79 Å². The fraction of sp³-hybridized carbons (Fsp3) is 0.345. The largest absolute Gasteiger partial charge is 0.433 e. The molecule has 0 radical (unpaired) electrons. The number of rotatable bonds is 10. The lowest BCUT2D eigenvalue weighted by molar-refractivity contribution is -0.311. The normalized spacial score (nSPS) is 24.1. The maximum absolute atomic E-state index is 11.9. The van der Waals surface area contributed by atoms with Crippen LogP contribution >= 0.6 is 0 Å². The van der Waals surface area contributed by atoms with Gasteiger partial charge in [-0.3, -0.25) is 4.79 Å². The zero-order chi connectivity index (χ0) is 24.5. The van der Waals surface area contributed by atoms with Gasteiger partial charge in [0, 0.05) is 6.92 Å². The molecule has 6 nitrogen and oxygen atoms in total. The first kappa shape index (κ1) is 25.1. The Morgan fingerprint density at radius 2 is 1.06 bits per heavy atom. The van der Waals surface area contributed by atoms with Crippen LogP contribution in [0.15, 0.2) is 91.0 Å². The van der Waals surface area contributed by atoms with E-state index >= 15 is 0 Å². The lowest BCUT2D eigenvalue weighted by atomic mass is 9.98. The monoisotopic (exact) mass is 476 g/mol. The standard InChI is InChI=1S/C29H32O6/c1-21-26(31-18-23-12-6-3-7-13-23)27(32-19-24-14-8-4-9-15-24)28(29(34-21)35-22(2)30)33-20-25-16-10-5-11-17-25/h3-17,21,26-29H,18-20H2,1-2H3/t21?,26-,27+,28?,29-/m0/s1. The molecule has 0 N–H and O–H groups in total. The molecule has 1 aliphatic rings. The van der Waals surface area contributed by atoms with Crippen molar-refractivity contribution < 1.29 is 28.5 Å². The molecule has 0 saturated carbocycles. The van der Waals surface area contributed by atoms with Crippen molar-refractivity contribution in [1.29, 1.82) is 0 Å². The molecule has 2 unspecified atom stereocenters. The van der Waals surface area contributed by atoms with Crippen molar-refractivity contribution in [3.63, 3.8) is 0 Å². The number of hydrogen-bond acceptors (Lipinski definition) is 6. The molecule has 0 bridgehead atoms. The highest BCUT2D eigenvalue weighted by Gasteiger charge is 2.48. The van der Waals surface area contributed by atoms with E-state index in [1.807, 2.05) is 97.9 Å². The van der Waals surface area contributed by atoms with Crippen LogP contribution in [-0.2, 0) is 48.3 Å². The molecule has 1 aliphatic heterocycles. The van der Waals surface area contributed by atoms with Gasteiger partial charge in [0.05, 0.1) is 25.9 Å². The van der Waals surface area contributed by atoms with Gasteiger partial charge in [-0.1, -0.05) is 91.0 Å². The summed E-state index contributed by atoms with van der Waals surface area (Å²) < 4.78 is 30.7. The molecule has 1 saturated heterocycles. The molecule has 6 heteroatoms. The highest BCUT2D eigenvalue weighted by molar-refractivity contribution is 5.66. The molecule has 35 heavy (non-hydrogen) atoms. The highest BCUT2D eigenvalue weighted by Crippen LogP contribution is 2.31. The molecule has 4 rings (SSSR count). The van der Waals surface area contributed by atoms with Gasteiger partial charge < -0.3 is 23.7 Å². The SMILES string of the molecule is CC(=O)O[C@@H]1OC(C)[C@H](OCc2ccccc2)[C@@H](OCc2ccccc2)C1OCc1ccccc1. The van der Waals surface area contributed by atoms with Crippen LogP contribution in [-0.4, -0.2) is 36.7 Å². The Morgan fingerprint density at radius 3 is 1.49 bits per heavy atom. The van der Waals surface area contributed by atoms with E-state index in [0.717, 1.165) is 16.7 Å². The van der Waals surface area contributed by atoms with Crippen LogP contribution in [0.1, 0.15) is 30.5 Å². The molecule has 184 valence electrons. The van der Waals surface area contributed by atoms with Crippen molar-refractivity contribution in [2.75, 3.05) is 0 Å². The van der Waals surface area contributed by atoms with Gasteiger partial charge in [-0.25, -0.2) is 0 Å². The lowest BCUT2D eigenvalue weighted by Gasteiger charge is -2.44. The number of ether oxygens (including phenoxy) is 5. The van der Waals surface area contributed by atoms with E-state index in [0.29, 0.717) is 19.8 Å². The molecule has 1 heterocycles. The summed E-state index contributed by atoms with van der Waals surface area (Å²) in [4.78, 5) is 11.9. The highest BCUT2D eigenvalue weighted by atomic mass is 16.7. The Hall–Kier alpha value is -3.03. The maximum atomic E-state index is 11.9. The molecular formula is C29H32O6. The zero-order valence-electron chi connectivity index (χ0n) is 20.1. The van der Waals surface area contributed by atoms with E-state index in [1.165, 1.54) is 6.92 Å². The fourth-order valence-electron chi connectivity index (χ4n) is 4.13. The van der Waals surface area contributed by atoms with Crippen LogP contribution in [0.3, 0.4) is 0 Å². The summed E-state index contributed by atoms with van der Waals surface area (Å²) in [5, 5.41) is 0. The topological polar surface area (TPSA) is 63.2 Å². The minimum Gasteiger partial charge on any atom is -0.433 e. The van der Waals surface area contributed by atoms with Gasteiger partial charge >= 0.3 is 5.97 Å². The Bertz CT molecular complexity index is 1030. The quantitative estimate of drug-likeness (QED) is 0.382. The molecule has 3 aromatic rings. The van der Waals surface area contributed by atoms with Crippen molar-refractivity contribution in [3.8, 4) is 0 Å². The van der Waals surface area contributed by atoms with Gasteiger partial charge in [-0.15, -0.1) is 0 Å². The lowest BCUT2D eigenvalue weighted by Crippen LogP contribution is -2.60. The molecule has 0 amide bonds. The molecule has 0 spiro atoms. The smallest absolute Gasteiger partial charge is 0.305 e. The zero-order valence-corrected chi connectivity index (χ0v) is 20.1. The minimum absolute atomic E-state index is 0.317. The third-order valence-electron chi connectivity index (χ3n) is 5.87. The second kappa shape index (κ2) is 12.6. The van der Waals surface area contributed by atoms with Crippen LogP contribution in [0, 0.1) is 0 Å². The number of carbonyl (C=O) groups excluding carboxylic acids is 1. The van der Waals surface area contributed by atoms with Crippen molar-refractivity contribution in [2.24, 2.45) is 0 Å². The molecule has 5 atom stereocenters. The van der Waals surface area contributed by atoms with Crippen LogP contribution in [0.25, 0.3) is 0 Å². The van der Waals surface area contributed by atoms with Crippen molar-refractivity contribution in [3.05, 3.63) is 108 Å². The second-order valence-electron chi connectivity index (χ2n) is 8.60. The van der Waals surface area contributed by atoms with Gasteiger partial charge in [0.1, 0.15) is 18.3 Å². The number of esters is 1. The second-order valence-corrected chi connectivity index (χ2v) is 8.60. The summed E-state index contributed by atoms with van der Waals surface area (Å²) in [5.41, 5.74) is 3.07. The average molecular weight is 477 g/mol. The first-order chi connectivity index (χ1) is 17.1. The molecular weight excluding hydrogens is 444 g/mol. The summed E-state index contributed by atoms with van der Waals surface area (Å²) in [6, 6.07) is 29.7. The Labute approximate surface area is 206 Å². The van der Waals surface area contributed by atoms with E-state index < -0.39 is 30.6 Å². The summed E-state index contributed by atoms with van der Waals surface area (Å²) in [6.07, 6.45) is -2.95. The van der Waals surface area contributed by atoms with E-state index in [-0.39, 0.29) is 6.10 Å². The number of hydrogen-bond donors (Lipinski definition) is 0. The minimum atomic E-state index is -0.913. The summed E-state index contributed by atoms with van der Waals surface area (Å²) in [5.74, 6) is -0.444. The molecule has 3 aromatic carbocycles. The fourth-order valence-corrected chi connectivity index (χ4v) is 4.13. The third kappa shape index (κ3) is 7.23. The first-order valence-corrected chi connectivity index (χ1v) is 11.9. The Kier molecular flexibility index (Phi) is 9.03. The van der Waals surface area contributed by atoms with Gasteiger partial charge in [0.2, 0.25) is 6.29 Å². The van der Waals surface area contributed by atoms with Crippen LogP contribution < -0.4 is 0 Å². The Balaban J connectivity index is 1.57. The molecule has 0 aromatic heterocycles. The third-order valence-corrected chi connectivity index (χ3v) is 5.87. The van der Waals surface area contributed by atoms with Crippen LogP contribution in [0.4, 0.5) is 0 Å². The maximum Gasteiger partial charge on any atom is 0.305 e. The van der Waals surface area contributed by atoms with Gasteiger partial charge in [0.15, 0.2) is 0 Å². The Morgan fingerprint density at radius 1 is 0.657 bits per heavy atom. The van der Waals surface area contributed by atoms with Gasteiger partial charge in [0.25, 0.3) is 0 Å². The van der Waals surface area contributed by atoms with E-state index in [4.69, 9.17) is 23.7 Å². The number of benzene rings is 3. The van der Waals surface area contributed by atoms with Gasteiger partial charge in [-0.05, 0) is 23.6 Å². The van der Waals surface area contributed by atoms with Crippen molar-refractivity contribution in [1.82, 2.24) is 0 Å². The van der Waals surface area contributed by atoms with Crippen molar-refractivity contribution in [2.45, 2.75) is 64.4 Å². The van der Waals surface area contributed by atoms with Gasteiger partial charge in [-0.2, -0.15) is 0 Å². The van der Waals surface area contributed by atoms with Crippen LogP contribution in [0.2, 0.25) is 0 Å². The first-order valence-electron chi connectivity index (χ1n) is 11.9. The predicted octanol–water partition coefficient (Wildman–Crippen LogP) is 5.05. The predicted molar refractivity (Wildman–Crippen MR) is 131 cm³/mol. The molecule has 1 fully saturated rings. The summed E-state index contributed by atoms with van der Waals surface area (Å²) >= 11 is 0. The number of carbonyl (C=O) groups is 1.